The zero-order valence-electron chi connectivity index (χ0n) is 6.14. The normalized spacial score (nSPS) is 13.1. The van der Waals surface area contributed by atoms with Gasteiger partial charge in [0.15, 0.2) is 0 Å². The Morgan fingerprint density at radius 1 is 1.55 bits per heavy atom. The number of rotatable bonds is 1. The molecule has 0 aliphatic carbocycles. The monoisotopic (exact) mass is 217 g/mol. The minimum absolute atomic E-state index is 0.113. The number of nitrogens with two attached hydrogens (primary N) is 1. The Balaban J connectivity index is 3.05. The van der Waals surface area contributed by atoms with Crippen molar-refractivity contribution in [3.8, 4) is 0 Å². The Morgan fingerprint density at radius 2 is 2.18 bits per heavy atom. The van der Waals surface area contributed by atoms with E-state index in [9.17, 15) is 4.39 Å². The summed E-state index contributed by atoms with van der Waals surface area (Å²) in [7, 11) is 0. The third kappa shape index (κ3) is 2.01. The Kier molecular flexibility index (Phi) is 2.62. The summed E-state index contributed by atoms with van der Waals surface area (Å²) in [5.41, 5.74) is 6.36. The van der Waals surface area contributed by atoms with Crippen LogP contribution >= 0.6 is 15.9 Å². The fraction of sp³-hybridized carbons (Fsp3) is 0.250. The van der Waals surface area contributed by atoms with Crippen molar-refractivity contribution in [2.75, 3.05) is 0 Å². The van der Waals surface area contributed by atoms with Crippen LogP contribution in [0.3, 0.4) is 0 Å². The summed E-state index contributed by atoms with van der Waals surface area (Å²) in [4.78, 5) is 0. The molecule has 2 N–H and O–H groups in total. The molecule has 60 valence electrons. The Bertz CT molecular complexity index is 260. The lowest BCUT2D eigenvalue weighted by Crippen LogP contribution is -2.04. The second-order valence-corrected chi connectivity index (χ2v) is 3.32. The Morgan fingerprint density at radius 3 is 2.64 bits per heavy atom. The summed E-state index contributed by atoms with van der Waals surface area (Å²) >= 11 is 3.06. The summed E-state index contributed by atoms with van der Waals surface area (Å²) in [6.45, 7) is 1.82. The Hall–Kier alpha value is -0.410. The van der Waals surface area contributed by atoms with Crippen molar-refractivity contribution in [3.05, 3.63) is 34.1 Å². The van der Waals surface area contributed by atoms with Gasteiger partial charge in [-0.25, -0.2) is 4.39 Å². The first-order valence-corrected chi connectivity index (χ1v) is 4.11. The first kappa shape index (κ1) is 8.68. The minimum Gasteiger partial charge on any atom is -0.324 e. The molecule has 0 saturated heterocycles. The lowest BCUT2D eigenvalue weighted by Gasteiger charge is -2.05. The summed E-state index contributed by atoms with van der Waals surface area (Å²) in [5.74, 6) is -0.264. The average Bonchev–Trinajstić information content (AvgIpc) is 1.94. The zero-order chi connectivity index (χ0) is 8.43. The molecule has 1 atom stereocenters. The van der Waals surface area contributed by atoms with Gasteiger partial charge in [-0.1, -0.05) is 6.07 Å². The molecule has 0 saturated carbocycles. The van der Waals surface area contributed by atoms with Gasteiger partial charge in [0.05, 0.1) is 4.47 Å². The van der Waals surface area contributed by atoms with E-state index in [0.717, 1.165) is 5.56 Å². The molecular formula is C8H9BrFN. The standard InChI is InChI=1S/C8H9BrFN/c1-5(11)6-2-3-7(9)8(10)4-6/h2-5H,11H2,1H3. The van der Waals surface area contributed by atoms with Crippen LogP contribution in [-0.2, 0) is 0 Å². The van der Waals surface area contributed by atoms with E-state index in [1.165, 1.54) is 6.07 Å². The second kappa shape index (κ2) is 3.32. The highest BCUT2D eigenvalue weighted by atomic mass is 79.9. The van der Waals surface area contributed by atoms with Crippen molar-refractivity contribution in [2.24, 2.45) is 5.73 Å². The molecular weight excluding hydrogens is 209 g/mol. The fourth-order valence-corrected chi connectivity index (χ4v) is 1.04. The van der Waals surface area contributed by atoms with Crippen molar-refractivity contribution in [3.63, 3.8) is 0 Å². The van der Waals surface area contributed by atoms with Gasteiger partial charge in [0.25, 0.3) is 0 Å². The topological polar surface area (TPSA) is 26.0 Å². The highest BCUT2D eigenvalue weighted by Gasteiger charge is 2.02. The van der Waals surface area contributed by atoms with Gasteiger partial charge in [-0.15, -0.1) is 0 Å². The molecule has 0 amide bonds. The van der Waals surface area contributed by atoms with Crippen molar-refractivity contribution in [1.29, 1.82) is 0 Å². The van der Waals surface area contributed by atoms with Crippen LogP contribution in [0.15, 0.2) is 22.7 Å². The van der Waals surface area contributed by atoms with Gasteiger partial charge in [-0.3, -0.25) is 0 Å². The van der Waals surface area contributed by atoms with Crippen LogP contribution in [-0.4, -0.2) is 0 Å². The smallest absolute Gasteiger partial charge is 0.137 e. The van der Waals surface area contributed by atoms with E-state index in [0.29, 0.717) is 4.47 Å². The average molecular weight is 218 g/mol. The summed E-state index contributed by atoms with van der Waals surface area (Å²) in [6, 6.07) is 4.79. The van der Waals surface area contributed by atoms with Gasteiger partial charge in [0.1, 0.15) is 5.82 Å². The van der Waals surface area contributed by atoms with Crippen LogP contribution in [0.2, 0.25) is 0 Å². The van der Waals surface area contributed by atoms with Gasteiger partial charge in [0.2, 0.25) is 0 Å². The van der Waals surface area contributed by atoms with E-state index < -0.39 is 0 Å². The number of hydrogen-bond donors (Lipinski definition) is 1. The quantitative estimate of drug-likeness (QED) is 0.770. The SMILES string of the molecule is CC(N)c1ccc(Br)c(F)c1. The molecule has 0 bridgehead atoms. The molecule has 11 heavy (non-hydrogen) atoms. The number of halogens is 2. The van der Waals surface area contributed by atoms with Crippen LogP contribution in [0.1, 0.15) is 18.5 Å². The van der Waals surface area contributed by atoms with E-state index in [4.69, 9.17) is 5.73 Å². The first-order valence-electron chi connectivity index (χ1n) is 3.32. The van der Waals surface area contributed by atoms with Crippen molar-refractivity contribution >= 4 is 15.9 Å². The van der Waals surface area contributed by atoms with Crippen molar-refractivity contribution in [2.45, 2.75) is 13.0 Å². The van der Waals surface area contributed by atoms with Gasteiger partial charge >= 0.3 is 0 Å². The third-order valence-corrected chi connectivity index (χ3v) is 2.11. The highest BCUT2D eigenvalue weighted by Crippen LogP contribution is 2.18. The number of benzene rings is 1. The molecule has 0 aliphatic heterocycles. The minimum atomic E-state index is -0.264. The van der Waals surface area contributed by atoms with E-state index in [1.807, 2.05) is 6.92 Å². The van der Waals surface area contributed by atoms with Gasteiger partial charge < -0.3 is 5.73 Å². The maximum atomic E-state index is 12.8. The molecule has 0 aliphatic rings. The van der Waals surface area contributed by atoms with Crippen LogP contribution in [0.5, 0.6) is 0 Å². The molecule has 1 unspecified atom stereocenters. The molecule has 1 aromatic rings. The third-order valence-electron chi connectivity index (χ3n) is 1.47. The van der Waals surface area contributed by atoms with Gasteiger partial charge in [0, 0.05) is 6.04 Å². The second-order valence-electron chi connectivity index (χ2n) is 2.46. The largest absolute Gasteiger partial charge is 0.324 e. The maximum absolute atomic E-state index is 12.8. The molecule has 1 nitrogen and oxygen atoms in total. The molecule has 0 heterocycles. The van der Waals surface area contributed by atoms with Gasteiger partial charge in [-0.2, -0.15) is 0 Å². The van der Waals surface area contributed by atoms with Crippen LogP contribution < -0.4 is 5.73 Å². The maximum Gasteiger partial charge on any atom is 0.137 e. The summed E-state index contributed by atoms with van der Waals surface area (Å²) in [6.07, 6.45) is 0. The molecule has 1 rings (SSSR count). The molecule has 0 fully saturated rings. The van der Waals surface area contributed by atoms with Crippen molar-refractivity contribution < 1.29 is 4.39 Å². The summed E-state index contributed by atoms with van der Waals surface area (Å²) in [5, 5.41) is 0. The first-order chi connectivity index (χ1) is 5.11. The molecule has 0 aromatic heterocycles. The zero-order valence-corrected chi connectivity index (χ0v) is 7.73. The predicted molar refractivity (Wildman–Crippen MR) is 46.7 cm³/mol. The molecule has 3 heteroatoms. The number of hydrogen-bond acceptors (Lipinski definition) is 1. The van der Waals surface area contributed by atoms with E-state index in [2.05, 4.69) is 15.9 Å². The van der Waals surface area contributed by atoms with E-state index >= 15 is 0 Å². The van der Waals surface area contributed by atoms with E-state index in [1.54, 1.807) is 12.1 Å². The predicted octanol–water partition coefficient (Wildman–Crippen LogP) is 2.61. The Labute approximate surface area is 73.5 Å². The summed E-state index contributed by atoms with van der Waals surface area (Å²) < 4.78 is 13.3. The fourth-order valence-electron chi connectivity index (χ4n) is 0.796. The van der Waals surface area contributed by atoms with Crippen LogP contribution in [0, 0.1) is 5.82 Å². The van der Waals surface area contributed by atoms with Crippen LogP contribution in [0.4, 0.5) is 4.39 Å². The lowest BCUT2D eigenvalue weighted by molar-refractivity contribution is 0.615. The van der Waals surface area contributed by atoms with E-state index in [-0.39, 0.29) is 11.9 Å². The molecule has 0 spiro atoms. The van der Waals surface area contributed by atoms with Gasteiger partial charge in [-0.05, 0) is 40.5 Å². The molecule has 0 radical (unpaired) electrons. The lowest BCUT2D eigenvalue weighted by atomic mass is 10.1. The van der Waals surface area contributed by atoms with Crippen molar-refractivity contribution in [1.82, 2.24) is 0 Å². The van der Waals surface area contributed by atoms with Crippen LogP contribution in [0.25, 0.3) is 0 Å². The molecule has 1 aromatic carbocycles. The highest BCUT2D eigenvalue weighted by molar-refractivity contribution is 9.10.